The Labute approximate surface area is 144 Å². The van der Waals surface area contributed by atoms with E-state index in [9.17, 15) is 19.8 Å². The molecular formula is C16H25BrN2O4. The largest absolute Gasteiger partial charge is 0.480 e. The number of aliphatic carboxylic acids is 2. The maximum absolute atomic E-state index is 11.4. The van der Waals surface area contributed by atoms with Gasteiger partial charge in [0.25, 0.3) is 0 Å². The van der Waals surface area contributed by atoms with Crippen molar-refractivity contribution < 1.29 is 19.8 Å². The van der Waals surface area contributed by atoms with Crippen LogP contribution in [-0.4, -0.2) is 63.6 Å². The van der Waals surface area contributed by atoms with Crippen LogP contribution in [0.4, 0.5) is 0 Å². The van der Waals surface area contributed by atoms with Crippen LogP contribution in [0.1, 0.15) is 32.1 Å². The number of likely N-dealkylation sites (tertiary alicyclic amines) is 1. The minimum atomic E-state index is -0.752. The lowest BCUT2D eigenvalue weighted by Crippen LogP contribution is -2.50. The molecule has 1 aliphatic carbocycles. The zero-order chi connectivity index (χ0) is 16.6. The van der Waals surface area contributed by atoms with Crippen LogP contribution in [0.15, 0.2) is 0 Å². The lowest BCUT2D eigenvalue weighted by molar-refractivity contribution is -0.143. The van der Waals surface area contributed by atoms with Crippen molar-refractivity contribution >= 4 is 27.9 Å². The van der Waals surface area contributed by atoms with Gasteiger partial charge in [0.05, 0.1) is 0 Å². The van der Waals surface area contributed by atoms with Gasteiger partial charge in [0, 0.05) is 17.9 Å². The Morgan fingerprint density at radius 1 is 1.09 bits per heavy atom. The summed E-state index contributed by atoms with van der Waals surface area (Å²) in [4.78, 5) is 25.0. The number of halogens is 1. The standard InChI is InChI=1S/C16H25BrN2O4/c17-12-5-14(16(22)23)19(8-12)7-9-1-2-10-6-18-13(15(20)21)4-11(10)3-9/h9-14,18H,1-8H2,(H,20,21)(H,22,23)/t9-,10-,11+,12-,13-,14-/m0/s1. The van der Waals surface area contributed by atoms with E-state index in [1.54, 1.807) is 0 Å². The molecule has 0 unspecified atom stereocenters. The van der Waals surface area contributed by atoms with E-state index < -0.39 is 18.0 Å². The first-order chi connectivity index (χ1) is 10.9. The summed E-state index contributed by atoms with van der Waals surface area (Å²) in [5, 5.41) is 21.7. The van der Waals surface area contributed by atoms with Gasteiger partial charge in [-0.1, -0.05) is 15.9 Å². The topological polar surface area (TPSA) is 89.9 Å². The number of alkyl halides is 1. The molecule has 0 aromatic heterocycles. The van der Waals surface area contributed by atoms with Gasteiger partial charge < -0.3 is 15.5 Å². The molecule has 6 atom stereocenters. The summed E-state index contributed by atoms with van der Waals surface area (Å²) in [7, 11) is 0. The maximum atomic E-state index is 11.4. The fraction of sp³-hybridized carbons (Fsp3) is 0.875. The first-order valence-corrected chi connectivity index (χ1v) is 9.42. The molecule has 2 heterocycles. The van der Waals surface area contributed by atoms with Crippen LogP contribution in [-0.2, 0) is 9.59 Å². The van der Waals surface area contributed by atoms with E-state index in [2.05, 4.69) is 26.1 Å². The normalized spacial score (nSPS) is 41.4. The quantitative estimate of drug-likeness (QED) is 0.630. The Balaban J connectivity index is 1.57. The van der Waals surface area contributed by atoms with Crippen LogP contribution in [0.2, 0.25) is 0 Å². The minimum absolute atomic E-state index is 0.259. The van der Waals surface area contributed by atoms with E-state index in [0.29, 0.717) is 30.6 Å². The number of hydrogen-bond acceptors (Lipinski definition) is 4. The average Bonchev–Trinajstić information content (AvgIpc) is 2.87. The molecule has 7 heteroatoms. The number of hydrogen-bond donors (Lipinski definition) is 3. The van der Waals surface area contributed by atoms with Gasteiger partial charge in [-0.05, 0) is 56.4 Å². The first kappa shape index (κ1) is 17.2. The van der Waals surface area contributed by atoms with Gasteiger partial charge in [-0.3, -0.25) is 14.5 Å². The summed E-state index contributed by atoms with van der Waals surface area (Å²) >= 11 is 3.55. The smallest absolute Gasteiger partial charge is 0.320 e. The Morgan fingerprint density at radius 3 is 2.57 bits per heavy atom. The monoisotopic (exact) mass is 388 g/mol. The molecule has 0 amide bonds. The third-order valence-corrected chi connectivity index (χ3v) is 6.50. The predicted molar refractivity (Wildman–Crippen MR) is 88.7 cm³/mol. The molecule has 3 aliphatic rings. The predicted octanol–water partition coefficient (Wildman–Crippen LogP) is 1.39. The van der Waals surface area contributed by atoms with Gasteiger partial charge in [-0.15, -0.1) is 0 Å². The van der Waals surface area contributed by atoms with Crippen LogP contribution in [0.25, 0.3) is 0 Å². The Kier molecular flexibility index (Phi) is 5.28. The highest BCUT2D eigenvalue weighted by Crippen LogP contribution is 2.39. The zero-order valence-electron chi connectivity index (χ0n) is 13.2. The third-order valence-electron chi connectivity index (χ3n) is 5.84. The number of carboxylic acid groups (broad SMARTS) is 2. The number of nitrogens with one attached hydrogen (secondary N) is 1. The van der Waals surface area contributed by atoms with Crippen molar-refractivity contribution in [3.05, 3.63) is 0 Å². The average molecular weight is 389 g/mol. The molecule has 1 saturated carbocycles. The number of carbonyl (C=O) groups is 2. The van der Waals surface area contributed by atoms with E-state index in [0.717, 1.165) is 38.9 Å². The van der Waals surface area contributed by atoms with Crippen LogP contribution in [0.5, 0.6) is 0 Å². The van der Waals surface area contributed by atoms with E-state index in [-0.39, 0.29) is 10.9 Å². The molecule has 3 fully saturated rings. The molecule has 0 aromatic rings. The van der Waals surface area contributed by atoms with E-state index >= 15 is 0 Å². The number of fused-ring (bicyclic) bond motifs is 1. The molecule has 2 saturated heterocycles. The van der Waals surface area contributed by atoms with Gasteiger partial charge in [0.1, 0.15) is 12.1 Å². The van der Waals surface area contributed by atoms with Crippen LogP contribution < -0.4 is 5.32 Å². The second kappa shape index (κ2) is 7.07. The Morgan fingerprint density at radius 2 is 1.87 bits per heavy atom. The molecule has 6 nitrogen and oxygen atoms in total. The van der Waals surface area contributed by atoms with Crippen LogP contribution >= 0.6 is 15.9 Å². The molecule has 2 aliphatic heterocycles. The summed E-state index contributed by atoms with van der Waals surface area (Å²) in [5.74, 6) is 0.0523. The van der Waals surface area contributed by atoms with Gasteiger partial charge in [-0.2, -0.15) is 0 Å². The van der Waals surface area contributed by atoms with E-state index in [4.69, 9.17) is 0 Å². The molecule has 0 bridgehead atoms. The summed E-state index contributed by atoms with van der Waals surface area (Å²) < 4.78 is 0. The summed E-state index contributed by atoms with van der Waals surface area (Å²) in [6.45, 7) is 2.42. The number of nitrogens with zero attached hydrogens (tertiary/aromatic N) is 1. The molecule has 0 spiro atoms. The van der Waals surface area contributed by atoms with E-state index in [1.165, 1.54) is 0 Å². The fourth-order valence-electron chi connectivity index (χ4n) is 4.65. The number of rotatable bonds is 4. The fourth-order valence-corrected chi connectivity index (χ4v) is 5.38. The summed E-state index contributed by atoms with van der Waals surface area (Å²) in [5.41, 5.74) is 0. The number of piperidine rings is 1. The SMILES string of the molecule is O=C(O)[C@@H]1C[C@H]2C[C@@H](CN3C[C@@H](Br)C[C@H]3C(=O)O)CC[C@H]2CN1. The zero-order valence-corrected chi connectivity index (χ0v) is 14.7. The first-order valence-electron chi connectivity index (χ1n) is 8.51. The van der Waals surface area contributed by atoms with Gasteiger partial charge in [0.15, 0.2) is 0 Å². The molecule has 0 radical (unpaired) electrons. The molecule has 3 N–H and O–H groups in total. The lowest BCUT2D eigenvalue weighted by atomic mass is 9.69. The van der Waals surface area contributed by atoms with Crippen molar-refractivity contribution in [3.8, 4) is 0 Å². The van der Waals surface area contributed by atoms with Crippen molar-refractivity contribution in [2.24, 2.45) is 17.8 Å². The van der Waals surface area contributed by atoms with Gasteiger partial charge in [-0.25, -0.2) is 0 Å². The van der Waals surface area contributed by atoms with Crippen LogP contribution in [0, 0.1) is 17.8 Å². The minimum Gasteiger partial charge on any atom is -0.480 e. The highest BCUT2D eigenvalue weighted by atomic mass is 79.9. The number of carboxylic acids is 2. The summed E-state index contributed by atoms with van der Waals surface area (Å²) in [6, 6.07) is -0.794. The molecule has 0 aromatic carbocycles. The molecule has 23 heavy (non-hydrogen) atoms. The van der Waals surface area contributed by atoms with Crippen LogP contribution in [0.3, 0.4) is 0 Å². The maximum Gasteiger partial charge on any atom is 0.320 e. The summed E-state index contributed by atoms with van der Waals surface area (Å²) in [6.07, 6.45) is 4.65. The lowest BCUT2D eigenvalue weighted by Gasteiger charge is -2.42. The van der Waals surface area contributed by atoms with Crippen molar-refractivity contribution in [1.29, 1.82) is 0 Å². The van der Waals surface area contributed by atoms with Crippen molar-refractivity contribution in [2.45, 2.75) is 49.0 Å². The highest BCUT2D eigenvalue weighted by Gasteiger charge is 2.41. The Hall–Kier alpha value is -0.660. The van der Waals surface area contributed by atoms with Gasteiger partial charge in [0.2, 0.25) is 0 Å². The van der Waals surface area contributed by atoms with Crippen molar-refractivity contribution in [2.75, 3.05) is 19.6 Å². The van der Waals surface area contributed by atoms with E-state index in [1.807, 2.05) is 0 Å². The van der Waals surface area contributed by atoms with Crippen molar-refractivity contribution in [3.63, 3.8) is 0 Å². The third kappa shape index (κ3) is 3.88. The van der Waals surface area contributed by atoms with Gasteiger partial charge >= 0.3 is 11.9 Å². The molecule has 3 rings (SSSR count). The Bertz CT molecular complexity index is 475. The molecule has 130 valence electrons. The van der Waals surface area contributed by atoms with Crippen molar-refractivity contribution in [1.82, 2.24) is 10.2 Å². The highest BCUT2D eigenvalue weighted by molar-refractivity contribution is 9.09. The second-order valence-electron chi connectivity index (χ2n) is 7.37. The second-order valence-corrected chi connectivity index (χ2v) is 8.67. The molecular weight excluding hydrogens is 364 g/mol.